The maximum Gasteiger partial charge on any atom is 0.305 e. The summed E-state index contributed by atoms with van der Waals surface area (Å²) in [5.41, 5.74) is 1.44. The van der Waals surface area contributed by atoms with E-state index in [1.54, 1.807) is 17.0 Å². The molecule has 0 aromatic heterocycles. The Balaban J connectivity index is 1.63. The first-order chi connectivity index (χ1) is 15.1. The molecule has 0 aliphatic carbocycles. The van der Waals surface area contributed by atoms with Crippen molar-refractivity contribution < 1.29 is 18.4 Å². The molecule has 1 heterocycles. The molecule has 0 N–H and O–H groups in total. The van der Waals surface area contributed by atoms with Gasteiger partial charge < -0.3 is 9.80 Å². The molecule has 172 valence electrons. The fourth-order valence-electron chi connectivity index (χ4n) is 3.56. The summed E-state index contributed by atoms with van der Waals surface area (Å²) in [5.74, 6) is -4.99. The number of halogens is 4. The van der Waals surface area contributed by atoms with Gasteiger partial charge in [0.05, 0.1) is 10.8 Å². The number of carbonyl (C=O) groups is 2. The van der Waals surface area contributed by atoms with Crippen LogP contribution in [0, 0.1) is 0 Å². The quantitative estimate of drug-likeness (QED) is 0.433. The molecule has 1 unspecified atom stereocenters. The molecule has 1 fully saturated rings. The summed E-state index contributed by atoms with van der Waals surface area (Å²) in [4.78, 5) is 29.1. The van der Waals surface area contributed by atoms with Crippen molar-refractivity contribution in [2.24, 2.45) is 0 Å². The molecule has 1 aliphatic rings. The number of carbonyl (C=O) groups excluding carboxylic acids is 2. The highest BCUT2D eigenvalue weighted by molar-refractivity contribution is 8.00. The Morgan fingerprint density at radius 1 is 1.16 bits per heavy atom. The third-order valence-corrected chi connectivity index (χ3v) is 7.18. The molecule has 32 heavy (non-hydrogen) atoms. The lowest BCUT2D eigenvalue weighted by molar-refractivity contribution is -0.140. The van der Waals surface area contributed by atoms with Gasteiger partial charge in [0.1, 0.15) is 0 Å². The van der Waals surface area contributed by atoms with Crippen LogP contribution in [0.15, 0.2) is 47.4 Å². The molecule has 9 heteroatoms. The van der Waals surface area contributed by atoms with Gasteiger partial charge in [0.25, 0.3) is 5.91 Å². The van der Waals surface area contributed by atoms with E-state index in [4.69, 9.17) is 23.2 Å². The number of ketones is 1. The lowest BCUT2D eigenvalue weighted by atomic mass is 10.1. The Bertz CT molecular complexity index is 1010. The lowest BCUT2D eigenvalue weighted by Crippen LogP contribution is -2.53. The van der Waals surface area contributed by atoms with Crippen LogP contribution in [0.4, 0.5) is 14.5 Å². The average Bonchev–Trinajstić information content (AvgIpc) is 2.77. The number of anilines is 1. The van der Waals surface area contributed by atoms with Crippen molar-refractivity contribution in [2.75, 3.05) is 30.3 Å². The zero-order valence-electron chi connectivity index (χ0n) is 17.8. The Labute approximate surface area is 200 Å². The second-order valence-corrected chi connectivity index (χ2v) is 9.55. The second-order valence-electron chi connectivity index (χ2n) is 7.69. The molecule has 1 aliphatic heterocycles. The van der Waals surface area contributed by atoms with E-state index in [9.17, 15) is 18.4 Å². The minimum atomic E-state index is -3.33. The van der Waals surface area contributed by atoms with Gasteiger partial charge in [-0.15, -0.1) is 11.8 Å². The fraction of sp³-hybridized carbons (Fsp3) is 0.391. The van der Waals surface area contributed by atoms with E-state index in [0.29, 0.717) is 35.1 Å². The minimum Gasteiger partial charge on any atom is -0.365 e. The van der Waals surface area contributed by atoms with Gasteiger partial charge in [-0.3, -0.25) is 9.59 Å². The van der Waals surface area contributed by atoms with Crippen LogP contribution in [0.3, 0.4) is 0 Å². The molecule has 2 aromatic rings. The predicted octanol–water partition coefficient (Wildman–Crippen LogP) is 6.05. The molecule has 4 nitrogen and oxygen atoms in total. The Morgan fingerprint density at radius 2 is 1.91 bits per heavy atom. The molecule has 0 bridgehead atoms. The molecular formula is C23H24Cl2F2N2O2S. The standard InChI is InChI=1S/C23H24Cl2F2N2O2S/c1-3-23(26,27)21(30)14-32-20-8-7-16(11-19(20)25)22(31)28-9-10-29(15(2)13-28)18-6-4-5-17(24)12-18/h4-8,11-12,15H,3,9-10,13-14H2,1-2H3. The maximum absolute atomic E-state index is 13.5. The summed E-state index contributed by atoms with van der Waals surface area (Å²) < 4.78 is 26.9. The van der Waals surface area contributed by atoms with E-state index in [-0.39, 0.29) is 22.7 Å². The highest BCUT2D eigenvalue weighted by Gasteiger charge is 2.35. The van der Waals surface area contributed by atoms with Crippen molar-refractivity contribution in [3.05, 3.63) is 58.1 Å². The highest BCUT2D eigenvalue weighted by Crippen LogP contribution is 2.31. The Kier molecular flexibility index (Phi) is 8.06. The van der Waals surface area contributed by atoms with E-state index >= 15 is 0 Å². The van der Waals surface area contributed by atoms with E-state index < -0.39 is 18.1 Å². The third kappa shape index (κ3) is 5.74. The Hall–Kier alpha value is -1.83. The van der Waals surface area contributed by atoms with Gasteiger partial charge in [0.15, 0.2) is 0 Å². The normalized spacial score (nSPS) is 16.9. The van der Waals surface area contributed by atoms with Gasteiger partial charge in [0, 0.05) is 53.3 Å². The van der Waals surface area contributed by atoms with Crippen molar-refractivity contribution in [2.45, 2.75) is 37.1 Å². The number of amides is 1. The first-order valence-corrected chi connectivity index (χ1v) is 12.0. The zero-order valence-corrected chi connectivity index (χ0v) is 20.1. The van der Waals surface area contributed by atoms with E-state index in [1.807, 2.05) is 24.3 Å². The van der Waals surface area contributed by atoms with Crippen LogP contribution in [-0.2, 0) is 4.79 Å². The number of alkyl halides is 2. The Morgan fingerprint density at radius 3 is 2.53 bits per heavy atom. The molecule has 1 amide bonds. The van der Waals surface area contributed by atoms with E-state index in [2.05, 4.69) is 11.8 Å². The van der Waals surface area contributed by atoms with Crippen LogP contribution >= 0.6 is 35.0 Å². The molecule has 0 spiro atoms. The molecular weight excluding hydrogens is 477 g/mol. The topological polar surface area (TPSA) is 40.6 Å². The van der Waals surface area contributed by atoms with Crippen LogP contribution in [0.25, 0.3) is 0 Å². The van der Waals surface area contributed by atoms with Crippen molar-refractivity contribution in [1.82, 2.24) is 4.90 Å². The largest absolute Gasteiger partial charge is 0.365 e. The second kappa shape index (κ2) is 10.4. The van der Waals surface area contributed by atoms with E-state index in [0.717, 1.165) is 17.4 Å². The lowest BCUT2D eigenvalue weighted by Gasteiger charge is -2.41. The molecule has 0 radical (unpaired) electrons. The summed E-state index contributed by atoms with van der Waals surface area (Å²) >= 11 is 13.3. The molecule has 0 saturated carbocycles. The number of hydrogen-bond acceptors (Lipinski definition) is 4. The van der Waals surface area contributed by atoms with Gasteiger partial charge in [-0.25, -0.2) is 0 Å². The predicted molar refractivity (Wildman–Crippen MR) is 127 cm³/mol. The fourth-order valence-corrected chi connectivity index (χ4v) is 4.95. The monoisotopic (exact) mass is 500 g/mol. The molecule has 1 atom stereocenters. The smallest absolute Gasteiger partial charge is 0.305 e. The van der Waals surface area contributed by atoms with Gasteiger partial charge >= 0.3 is 5.92 Å². The number of nitrogens with zero attached hydrogens (tertiary/aromatic N) is 2. The zero-order chi connectivity index (χ0) is 23.5. The van der Waals surface area contributed by atoms with Gasteiger partial charge in [-0.05, 0) is 43.3 Å². The van der Waals surface area contributed by atoms with Gasteiger partial charge in [-0.2, -0.15) is 8.78 Å². The first-order valence-electron chi connectivity index (χ1n) is 10.3. The number of benzene rings is 2. The summed E-state index contributed by atoms with van der Waals surface area (Å²) in [7, 11) is 0. The van der Waals surface area contributed by atoms with Crippen LogP contribution in [0.5, 0.6) is 0 Å². The molecule has 2 aromatic carbocycles. The number of piperazine rings is 1. The van der Waals surface area contributed by atoms with Crippen molar-refractivity contribution >= 4 is 52.3 Å². The number of rotatable bonds is 7. The van der Waals surface area contributed by atoms with Crippen LogP contribution in [0.1, 0.15) is 30.6 Å². The minimum absolute atomic E-state index is 0.0997. The first kappa shape index (κ1) is 24.8. The van der Waals surface area contributed by atoms with Crippen LogP contribution < -0.4 is 4.90 Å². The van der Waals surface area contributed by atoms with Crippen LogP contribution in [0.2, 0.25) is 10.0 Å². The third-order valence-electron chi connectivity index (χ3n) is 5.44. The highest BCUT2D eigenvalue weighted by atomic mass is 35.5. The maximum atomic E-state index is 13.5. The van der Waals surface area contributed by atoms with Gasteiger partial charge in [-0.1, -0.05) is 36.2 Å². The number of thioether (sulfide) groups is 1. The summed E-state index contributed by atoms with van der Waals surface area (Å²) in [5, 5.41) is 0.931. The summed E-state index contributed by atoms with van der Waals surface area (Å²) in [6, 6.07) is 12.5. The summed E-state index contributed by atoms with van der Waals surface area (Å²) in [6.45, 7) is 5.08. The summed E-state index contributed by atoms with van der Waals surface area (Å²) in [6.07, 6.45) is -0.531. The molecule has 3 rings (SSSR count). The van der Waals surface area contributed by atoms with Crippen molar-refractivity contribution in [3.63, 3.8) is 0 Å². The van der Waals surface area contributed by atoms with Gasteiger partial charge in [0.2, 0.25) is 5.78 Å². The van der Waals surface area contributed by atoms with Crippen molar-refractivity contribution in [3.8, 4) is 0 Å². The molecule has 1 saturated heterocycles. The SMILES string of the molecule is CCC(F)(F)C(=O)CSc1ccc(C(=O)N2CCN(c3cccc(Cl)c3)C(C)C2)cc1Cl. The van der Waals surface area contributed by atoms with Crippen molar-refractivity contribution in [1.29, 1.82) is 0 Å². The van der Waals surface area contributed by atoms with Crippen LogP contribution in [-0.4, -0.2) is 53.9 Å². The average molecular weight is 501 g/mol. The number of hydrogen-bond donors (Lipinski definition) is 0. The van der Waals surface area contributed by atoms with E-state index in [1.165, 1.54) is 13.0 Å². The number of Topliss-reactive ketones (excluding diaryl/α,β-unsaturated/α-hetero) is 1.